The van der Waals surface area contributed by atoms with Crippen molar-refractivity contribution in [3.8, 4) is 22.6 Å². The van der Waals surface area contributed by atoms with Gasteiger partial charge in [-0.1, -0.05) is 6.07 Å². The molecule has 12 nitrogen and oxygen atoms in total. The third kappa shape index (κ3) is 6.93. The number of hydrogen-bond donors (Lipinski definition) is 0. The van der Waals surface area contributed by atoms with Crippen molar-refractivity contribution < 1.29 is 19.2 Å². The minimum absolute atomic E-state index is 0.0579. The summed E-state index contributed by atoms with van der Waals surface area (Å²) in [6.07, 6.45) is 5.35. The molecule has 0 atom stereocenters. The number of ether oxygens (including phenoxy) is 2. The molecule has 1 spiro atoms. The van der Waals surface area contributed by atoms with E-state index in [1.165, 1.54) is 25.8 Å². The number of hydrogen-bond acceptors (Lipinski definition) is 9. The summed E-state index contributed by atoms with van der Waals surface area (Å²) in [4.78, 5) is 43.6. The maximum atomic E-state index is 13.0. The van der Waals surface area contributed by atoms with Crippen LogP contribution >= 0.6 is 30.3 Å². The van der Waals surface area contributed by atoms with E-state index in [1.807, 2.05) is 56.1 Å². The van der Waals surface area contributed by atoms with Crippen molar-refractivity contribution in [3.05, 3.63) is 81.4 Å². The molecule has 1 amide bonds. The van der Waals surface area contributed by atoms with Gasteiger partial charge in [0.05, 0.1) is 4.92 Å². The van der Waals surface area contributed by atoms with Gasteiger partial charge in [-0.05, 0) is 63.8 Å². The molecular formula is C36H41IN6O6S. The van der Waals surface area contributed by atoms with Crippen LogP contribution in [-0.2, 0) is 11.8 Å². The predicted molar refractivity (Wildman–Crippen MR) is 204 cm³/mol. The number of rotatable bonds is 8. The first-order valence-corrected chi connectivity index (χ1v) is 20.1. The molecule has 0 bridgehead atoms. The number of halogens is 1. The minimum atomic E-state index is -0.471. The molecule has 3 aliphatic heterocycles. The van der Waals surface area contributed by atoms with E-state index in [1.54, 1.807) is 23.3 Å². The number of nitrogens with zero attached hydrogens (tertiary/aromatic N) is 6. The second-order valence-electron chi connectivity index (χ2n) is 14.9. The summed E-state index contributed by atoms with van der Waals surface area (Å²) in [6, 6.07) is 14.4. The van der Waals surface area contributed by atoms with Crippen LogP contribution in [0.1, 0.15) is 33.6 Å². The normalized spacial score (nSPS) is 17.9. The molecule has 0 unspecified atom stereocenters. The van der Waals surface area contributed by atoms with Crippen LogP contribution in [-0.4, -0.2) is 80.8 Å². The van der Waals surface area contributed by atoms with Crippen molar-refractivity contribution in [2.45, 2.75) is 39.2 Å². The molecule has 7 rings (SSSR count). The van der Waals surface area contributed by atoms with Crippen LogP contribution < -0.4 is 15.2 Å². The molecule has 14 heteroatoms. The van der Waals surface area contributed by atoms with E-state index in [-0.39, 0.29) is 17.3 Å². The van der Waals surface area contributed by atoms with Gasteiger partial charge in [-0.25, -0.2) is 4.79 Å². The molecule has 4 aromatic rings. The first-order valence-electron chi connectivity index (χ1n) is 16.8. The molecular weight excluding hydrogens is 771 g/mol. The van der Waals surface area contributed by atoms with Gasteiger partial charge in [0.25, 0.3) is 11.2 Å². The average Bonchev–Trinajstić information content (AvgIpc) is 3.48. The summed E-state index contributed by atoms with van der Waals surface area (Å²) in [5.41, 5.74) is 2.42. The summed E-state index contributed by atoms with van der Waals surface area (Å²) in [5, 5.41) is 12.5. The number of nitro groups is 1. The Labute approximate surface area is 307 Å². The number of benzene rings is 2. The van der Waals surface area contributed by atoms with E-state index in [9.17, 15) is 19.7 Å². The zero-order valence-electron chi connectivity index (χ0n) is 28.6. The number of amides is 1. The number of likely N-dealkylation sites (tertiary alicyclic amines) is 2. The minimum Gasteiger partial charge on any atom is -0.457 e. The van der Waals surface area contributed by atoms with Gasteiger partial charge in [-0.15, -0.1) is 0 Å². The smallest absolute Gasteiger partial charge is 0.410 e. The van der Waals surface area contributed by atoms with Gasteiger partial charge in [0.15, 0.2) is 0 Å². The van der Waals surface area contributed by atoms with E-state index in [2.05, 4.69) is 37.1 Å². The Kier molecular flexibility index (Phi) is 9.30. The van der Waals surface area contributed by atoms with Gasteiger partial charge in [0.2, 0.25) is 0 Å². The number of non-ortho nitro benzene ring substituents is 1. The van der Waals surface area contributed by atoms with Crippen LogP contribution in [0.5, 0.6) is 11.5 Å². The number of fused-ring (bicyclic) bond motifs is 1. The second kappa shape index (κ2) is 13.4. The van der Waals surface area contributed by atoms with Gasteiger partial charge in [0.1, 0.15) is 22.6 Å². The lowest BCUT2D eigenvalue weighted by Gasteiger charge is -2.61. The fraction of sp³-hybridized carbons (Fsp3) is 0.444. The van der Waals surface area contributed by atoms with Gasteiger partial charge in [-0.2, -0.15) is 0 Å². The van der Waals surface area contributed by atoms with Crippen molar-refractivity contribution in [2.75, 3.05) is 50.7 Å². The molecule has 0 saturated carbocycles. The highest BCUT2D eigenvalue weighted by atomic mass is 127. The summed E-state index contributed by atoms with van der Waals surface area (Å²) < 4.78 is 15.3. The Bertz CT molecular complexity index is 2000. The SMILES string of the molecule is Cn1cc(-c2cc([N+](=O)[O-])ccc2Oc2cccc(N3CC4(CN(CC5CCN(C(=O)OC(C)(C)C)CC5)C4)C3)c2)c2ccn(SI)c2c1=O. The van der Waals surface area contributed by atoms with E-state index < -0.39 is 10.5 Å². The molecule has 3 aliphatic rings. The van der Waals surface area contributed by atoms with E-state index >= 15 is 0 Å². The fourth-order valence-corrected chi connectivity index (χ4v) is 8.91. The van der Waals surface area contributed by atoms with Crippen molar-refractivity contribution in [1.29, 1.82) is 0 Å². The Morgan fingerprint density at radius 3 is 2.48 bits per heavy atom. The third-order valence-corrected chi connectivity index (χ3v) is 11.6. The second-order valence-corrected chi connectivity index (χ2v) is 16.6. The number of anilines is 1. The maximum Gasteiger partial charge on any atom is 0.410 e. The first kappa shape index (κ1) is 34.7. The van der Waals surface area contributed by atoms with Crippen molar-refractivity contribution in [3.63, 3.8) is 0 Å². The molecule has 3 saturated heterocycles. The summed E-state index contributed by atoms with van der Waals surface area (Å²) in [5.74, 6) is 1.70. The monoisotopic (exact) mass is 812 g/mol. The molecule has 0 N–H and O–H groups in total. The zero-order valence-corrected chi connectivity index (χ0v) is 31.6. The Morgan fingerprint density at radius 1 is 1.06 bits per heavy atom. The van der Waals surface area contributed by atoms with E-state index in [0.717, 1.165) is 64.3 Å². The predicted octanol–water partition coefficient (Wildman–Crippen LogP) is 7.32. The Hall–Kier alpha value is -3.76. The van der Waals surface area contributed by atoms with Crippen molar-refractivity contribution in [2.24, 2.45) is 18.4 Å². The molecule has 0 radical (unpaired) electrons. The highest BCUT2D eigenvalue weighted by molar-refractivity contribution is 14.2. The first-order chi connectivity index (χ1) is 23.8. The molecule has 2 aromatic carbocycles. The van der Waals surface area contributed by atoms with E-state index in [4.69, 9.17) is 9.47 Å². The standard InChI is InChI=1S/C36H41IN6O6S/c1-35(2,3)49-34(45)40-13-10-24(11-14-40)18-39-20-36(21-39)22-41(23-36)25-6-5-7-27(16-25)48-31-9-8-26(43(46)47)17-29(31)30-19-38(4)33(44)32-28(30)12-15-42(32)50-37/h5-9,12,15-17,19,24H,10-11,13-14,18,20-23H2,1-4H3. The lowest BCUT2D eigenvalue weighted by molar-refractivity contribution is -0.384. The largest absolute Gasteiger partial charge is 0.457 e. The molecule has 50 heavy (non-hydrogen) atoms. The van der Waals surface area contributed by atoms with Gasteiger partial charge in [0, 0.05) is 141 Å². The molecule has 264 valence electrons. The molecule has 5 heterocycles. The lowest BCUT2D eigenvalue weighted by atomic mass is 9.72. The lowest BCUT2D eigenvalue weighted by Crippen LogP contribution is -2.72. The topological polar surface area (TPSA) is 115 Å². The van der Waals surface area contributed by atoms with E-state index in [0.29, 0.717) is 44.9 Å². The van der Waals surface area contributed by atoms with Crippen LogP contribution in [0.2, 0.25) is 0 Å². The number of aromatic nitrogens is 2. The number of aryl methyl sites for hydroxylation is 1. The Morgan fingerprint density at radius 2 is 1.80 bits per heavy atom. The van der Waals surface area contributed by atoms with Gasteiger partial charge < -0.3 is 28.7 Å². The number of piperidine rings is 1. The van der Waals surface area contributed by atoms with Crippen LogP contribution in [0.15, 0.2) is 65.7 Å². The highest BCUT2D eigenvalue weighted by Crippen LogP contribution is 2.44. The number of carbonyl (C=O) groups excluding carboxylic acids is 1. The molecule has 0 aliphatic carbocycles. The molecule has 3 fully saturated rings. The number of pyridine rings is 1. The van der Waals surface area contributed by atoms with Gasteiger partial charge in [-0.3, -0.25) is 18.9 Å². The van der Waals surface area contributed by atoms with Crippen LogP contribution in [0.4, 0.5) is 16.2 Å². The number of carbonyl (C=O) groups is 1. The van der Waals surface area contributed by atoms with Crippen LogP contribution in [0, 0.1) is 21.4 Å². The Balaban J connectivity index is 0.999. The summed E-state index contributed by atoms with van der Waals surface area (Å²) in [6.45, 7) is 12.4. The third-order valence-electron chi connectivity index (χ3n) is 9.89. The zero-order chi connectivity index (χ0) is 35.4. The van der Waals surface area contributed by atoms with Gasteiger partial charge >= 0.3 is 6.09 Å². The highest BCUT2D eigenvalue weighted by Gasteiger charge is 2.52. The van der Waals surface area contributed by atoms with Crippen LogP contribution in [0.3, 0.4) is 0 Å². The summed E-state index contributed by atoms with van der Waals surface area (Å²) in [7, 11) is 3.07. The summed E-state index contributed by atoms with van der Waals surface area (Å²) >= 11 is 2.13. The maximum absolute atomic E-state index is 13.0. The van der Waals surface area contributed by atoms with Crippen LogP contribution in [0.25, 0.3) is 22.0 Å². The number of nitro benzene ring substituents is 1. The quantitative estimate of drug-likeness (QED) is 0.103. The van der Waals surface area contributed by atoms with Crippen molar-refractivity contribution in [1.82, 2.24) is 18.3 Å². The fourth-order valence-electron chi connectivity index (χ4n) is 7.57. The van der Waals surface area contributed by atoms with Crippen molar-refractivity contribution >= 4 is 58.7 Å². The molecule has 2 aromatic heterocycles. The average molecular weight is 813 g/mol.